The number of rotatable bonds is 11. The number of methoxy groups -OCH3 is 2. The number of unbranched alkanes of at least 4 members (excludes halogenated alkanes) is 3. The zero-order valence-corrected chi connectivity index (χ0v) is 21.4. The summed E-state index contributed by atoms with van der Waals surface area (Å²) < 4.78 is 16.3. The third kappa shape index (κ3) is 8.13. The number of alkyl carbamates (subject to hydrolysis) is 1. The fraction of sp³-hybridized carbons (Fsp3) is 0.462. The molecule has 0 fully saturated rings. The molecular formula is C26H35ClN2O5. The first-order valence-electron chi connectivity index (χ1n) is 11.4. The van der Waals surface area contributed by atoms with Gasteiger partial charge in [-0.3, -0.25) is 4.79 Å². The lowest BCUT2D eigenvalue weighted by molar-refractivity contribution is -0.116. The van der Waals surface area contributed by atoms with E-state index in [1.54, 1.807) is 20.3 Å². The normalized spacial score (nSPS) is 11.5. The SMILES string of the molecule is COc1c(Cl)c(/C=C/C(=O)NCCCCCCNC(=O)OC(C)(C)C)c(OC)c2ccccc12. The van der Waals surface area contributed by atoms with E-state index < -0.39 is 11.7 Å². The monoisotopic (exact) mass is 490 g/mol. The first-order valence-corrected chi connectivity index (χ1v) is 11.8. The number of fused-ring (bicyclic) bond motifs is 1. The fourth-order valence-corrected chi connectivity index (χ4v) is 3.80. The second-order valence-electron chi connectivity index (χ2n) is 8.81. The highest BCUT2D eigenvalue weighted by Gasteiger charge is 2.18. The molecule has 0 unspecified atom stereocenters. The van der Waals surface area contributed by atoms with Crippen molar-refractivity contribution in [2.75, 3.05) is 27.3 Å². The van der Waals surface area contributed by atoms with Gasteiger partial charge in [-0.15, -0.1) is 0 Å². The molecule has 2 N–H and O–H groups in total. The Bertz CT molecular complexity index is 1010. The summed E-state index contributed by atoms with van der Waals surface area (Å²) in [5.41, 5.74) is 0.0977. The number of amides is 2. The third-order valence-corrected chi connectivity index (χ3v) is 5.35. The molecule has 0 saturated heterocycles. The Kier molecular flexibility index (Phi) is 10.5. The second kappa shape index (κ2) is 13.1. The van der Waals surface area contributed by atoms with Crippen LogP contribution in [0.1, 0.15) is 52.0 Å². The highest BCUT2D eigenvalue weighted by molar-refractivity contribution is 6.35. The van der Waals surface area contributed by atoms with Gasteiger partial charge in [-0.2, -0.15) is 0 Å². The lowest BCUT2D eigenvalue weighted by atomic mass is 10.0. The van der Waals surface area contributed by atoms with E-state index in [0.717, 1.165) is 36.5 Å². The minimum absolute atomic E-state index is 0.211. The van der Waals surface area contributed by atoms with Crippen LogP contribution in [0.3, 0.4) is 0 Å². The molecule has 2 aromatic rings. The summed E-state index contributed by atoms with van der Waals surface area (Å²) in [4.78, 5) is 23.9. The third-order valence-electron chi connectivity index (χ3n) is 4.98. The highest BCUT2D eigenvalue weighted by Crippen LogP contribution is 2.44. The van der Waals surface area contributed by atoms with Crippen LogP contribution in [0.2, 0.25) is 5.02 Å². The summed E-state index contributed by atoms with van der Waals surface area (Å²) in [6.45, 7) is 6.63. The molecule has 0 aliphatic heterocycles. The Morgan fingerprint density at radius 1 is 0.912 bits per heavy atom. The fourth-order valence-electron chi connectivity index (χ4n) is 3.47. The molecule has 34 heavy (non-hydrogen) atoms. The molecule has 2 amide bonds. The summed E-state index contributed by atoms with van der Waals surface area (Å²) in [5.74, 6) is 0.918. The lowest BCUT2D eigenvalue weighted by Gasteiger charge is -2.19. The van der Waals surface area contributed by atoms with Crippen LogP contribution in [0.25, 0.3) is 16.8 Å². The van der Waals surface area contributed by atoms with Crippen molar-refractivity contribution in [3.05, 3.63) is 40.9 Å². The zero-order valence-electron chi connectivity index (χ0n) is 20.6. The van der Waals surface area contributed by atoms with Gasteiger partial charge in [0, 0.05) is 35.5 Å². The molecule has 0 radical (unpaired) electrons. The summed E-state index contributed by atoms with van der Waals surface area (Å²) in [6, 6.07) is 7.65. The van der Waals surface area contributed by atoms with E-state index in [4.69, 9.17) is 25.8 Å². The largest absolute Gasteiger partial charge is 0.495 e. The molecule has 186 valence electrons. The van der Waals surface area contributed by atoms with Crippen LogP contribution < -0.4 is 20.1 Å². The number of ether oxygens (including phenoxy) is 3. The summed E-state index contributed by atoms with van der Waals surface area (Å²) in [6.07, 6.45) is 6.30. The van der Waals surface area contributed by atoms with Crippen LogP contribution in [0.4, 0.5) is 4.79 Å². The van der Waals surface area contributed by atoms with E-state index in [2.05, 4.69) is 10.6 Å². The molecule has 8 heteroatoms. The molecule has 0 atom stereocenters. The Labute approximate surface area is 206 Å². The number of hydrogen-bond donors (Lipinski definition) is 2. The van der Waals surface area contributed by atoms with Crippen molar-refractivity contribution in [3.8, 4) is 11.5 Å². The zero-order chi connectivity index (χ0) is 25.1. The first kappa shape index (κ1) is 27.3. The van der Waals surface area contributed by atoms with Crippen molar-refractivity contribution in [2.24, 2.45) is 0 Å². The average molecular weight is 491 g/mol. The van der Waals surface area contributed by atoms with E-state index >= 15 is 0 Å². The minimum Gasteiger partial charge on any atom is -0.495 e. The standard InChI is InChI=1S/C26H35ClN2O5/c1-26(2,3)34-25(31)29-17-11-7-6-10-16-28-21(30)15-14-20-22(27)24(33-5)19-13-9-8-12-18(19)23(20)32-4/h8-9,12-15H,6-7,10-11,16-17H2,1-5H3,(H,28,30)(H,29,31)/b15-14+. The number of benzene rings is 2. The predicted octanol–water partition coefficient (Wildman–Crippen LogP) is 5.72. The van der Waals surface area contributed by atoms with Crippen molar-refractivity contribution >= 4 is 40.4 Å². The van der Waals surface area contributed by atoms with Gasteiger partial charge in [0.05, 0.1) is 19.2 Å². The van der Waals surface area contributed by atoms with Crippen molar-refractivity contribution in [1.82, 2.24) is 10.6 Å². The molecule has 0 heterocycles. The number of hydrogen-bond acceptors (Lipinski definition) is 5. The van der Waals surface area contributed by atoms with Crippen LogP contribution in [0.5, 0.6) is 11.5 Å². The minimum atomic E-state index is -0.492. The number of nitrogens with one attached hydrogen (secondary N) is 2. The molecule has 0 bridgehead atoms. The quantitative estimate of drug-likeness (QED) is 0.310. The molecule has 0 aliphatic carbocycles. The molecule has 0 aliphatic rings. The van der Waals surface area contributed by atoms with Gasteiger partial charge in [0.2, 0.25) is 5.91 Å². The number of halogens is 1. The Hall–Kier alpha value is -2.93. The molecule has 2 rings (SSSR count). The van der Waals surface area contributed by atoms with E-state index in [9.17, 15) is 9.59 Å². The van der Waals surface area contributed by atoms with Crippen LogP contribution in [-0.2, 0) is 9.53 Å². The average Bonchev–Trinajstić information content (AvgIpc) is 2.78. The maximum Gasteiger partial charge on any atom is 0.407 e. The summed E-state index contributed by atoms with van der Waals surface area (Å²) in [5, 5.41) is 7.71. The molecule has 0 spiro atoms. The summed E-state index contributed by atoms with van der Waals surface area (Å²) >= 11 is 6.57. The van der Waals surface area contributed by atoms with Gasteiger partial charge >= 0.3 is 6.09 Å². The van der Waals surface area contributed by atoms with Gasteiger partial charge < -0.3 is 24.8 Å². The van der Waals surface area contributed by atoms with Gasteiger partial charge in [0.25, 0.3) is 0 Å². The molecule has 7 nitrogen and oxygen atoms in total. The van der Waals surface area contributed by atoms with Crippen molar-refractivity contribution in [1.29, 1.82) is 0 Å². The van der Waals surface area contributed by atoms with Crippen molar-refractivity contribution < 1.29 is 23.8 Å². The van der Waals surface area contributed by atoms with Gasteiger partial charge in [0.15, 0.2) is 0 Å². The number of carbonyl (C=O) groups excluding carboxylic acids is 2. The van der Waals surface area contributed by atoms with Gasteiger partial charge in [-0.25, -0.2) is 4.79 Å². The van der Waals surface area contributed by atoms with Gasteiger partial charge in [-0.05, 0) is 39.7 Å². The first-order chi connectivity index (χ1) is 16.2. The molecule has 2 aromatic carbocycles. The summed E-state index contributed by atoms with van der Waals surface area (Å²) in [7, 11) is 3.14. The van der Waals surface area contributed by atoms with Crippen molar-refractivity contribution in [2.45, 2.75) is 52.1 Å². The van der Waals surface area contributed by atoms with E-state index in [0.29, 0.717) is 35.2 Å². The van der Waals surface area contributed by atoms with Gasteiger partial charge in [-0.1, -0.05) is 48.7 Å². The molecular weight excluding hydrogens is 456 g/mol. The van der Waals surface area contributed by atoms with Crippen molar-refractivity contribution in [3.63, 3.8) is 0 Å². The van der Waals surface area contributed by atoms with Crippen LogP contribution in [0.15, 0.2) is 30.3 Å². The predicted molar refractivity (Wildman–Crippen MR) is 137 cm³/mol. The topological polar surface area (TPSA) is 85.9 Å². The maximum atomic E-state index is 12.3. The lowest BCUT2D eigenvalue weighted by Crippen LogP contribution is -2.33. The van der Waals surface area contributed by atoms with E-state index in [-0.39, 0.29) is 5.91 Å². The maximum absolute atomic E-state index is 12.3. The second-order valence-corrected chi connectivity index (χ2v) is 9.18. The number of carbonyl (C=O) groups is 2. The molecule has 0 saturated carbocycles. The van der Waals surface area contributed by atoms with Crippen LogP contribution in [0, 0.1) is 0 Å². The highest BCUT2D eigenvalue weighted by atomic mass is 35.5. The van der Waals surface area contributed by atoms with Crippen LogP contribution in [-0.4, -0.2) is 44.9 Å². The van der Waals surface area contributed by atoms with E-state index in [1.807, 2.05) is 45.0 Å². The van der Waals surface area contributed by atoms with Crippen LogP contribution >= 0.6 is 11.6 Å². The Morgan fingerprint density at radius 2 is 1.47 bits per heavy atom. The molecule has 0 aromatic heterocycles. The Morgan fingerprint density at radius 3 is 2.03 bits per heavy atom. The van der Waals surface area contributed by atoms with E-state index in [1.165, 1.54) is 6.08 Å². The smallest absolute Gasteiger partial charge is 0.407 e. The Balaban J connectivity index is 1.81. The van der Waals surface area contributed by atoms with Gasteiger partial charge in [0.1, 0.15) is 17.1 Å².